The molecule has 0 saturated carbocycles. The van der Waals surface area contributed by atoms with Gasteiger partial charge in [-0.05, 0) is 12.8 Å². The Bertz CT molecular complexity index is 50.0. The van der Waals surface area contributed by atoms with Gasteiger partial charge in [-0.15, -0.1) is 11.6 Å². The zero-order chi connectivity index (χ0) is 5.11. The van der Waals surface area contributed by atoms with Gasteiger partial charge in [-0.2, -0.15) is 0 Å². The maximum atomic E-state index is 5.72. The first-order chi connectivity index (χ1) is 3.39. The molecule has 0 aromatic carbocycles. The maximum absolute atomic E-state index is 5.72. The van der Waals surface area contributed by atoms with E-state index >= 15 is 0 Å². The van der Waals surface area contributed by atoms with E-state index in [2.05, 4.69) is 5.32 Å². The summed E-state index contributed by atoms with van der Waals surface area (Å²) in [5, 5.41) is 4.47. The molecule has 1 aliphatic heterocycles. The van der Waals surface area contributed by atoms with Crippen LogP contribution in [0.15, 0.2) is 0 Å². The first kappa shape index (κ1) is 5.39. The predicted molar refractivity (Wildman–Crippen MR) is 30.7 cm³/mol. The van der Waals surface area contributed by atoms with Crippen LogP contribution in [0.3, 0.4) is 0 Å². The van der Waals surface area contributed by atoms with Crippen LogP contribution in [0.4, 0.5) is 0 Å². The van der Waals surface area contributed by atoms with E-state index in [9.17, 15) is 0 Å². The van der Waals surface area contributed by atoms with E-state index in [4.69, 9.17) is 11.6 Å². The van der Waals surface area contributed by atoms with Gasteiger partial charge in [0.2, 0.25) is 0 Å². The van der Waals surface area contributed by atoms with Crippen molar-refractivity contribution in [3.8, 4) is 0 Å². The van der Waals surface area contributed by atoms with Crippen LogP contribution in [0.5, 0.6) is 0 Å². The van der Waals surface area contributed by atoms with Crippen LogP contribution < -0.4 is 5.32 Å². The topological polar surface area (TPSA) is 14.1 Å². The fraction of sp³-hybridized carbons (Fsp3) is 1.00. The van der Waals surface area contributed by atoms with Crippen LogP contribution >= 0.6 is 11.6 Å². The van der Waals surface area contributed by atoms with Gasteiger partial charge in [0.25, 0.3) is 0 Å². The number of piperidine rings is 1. The van der Waals surface area contributed by atoms with Gasteiger partial charge in [0.1, 0.15) is 0 Å². The first-order valence-corrected chi connectivity index (χ1v) is 3.10. The van der Waals surface area contributed by atoms with E-state index in [1.165, 1.54) is 6.42 Å². The van der Waals surface area contributed by atoms with E-state index in [0.29, 0.717) is 5.38 Å². The molecule has 1 saturated heterocycles. The molecule has 0 aromatic rings. The van der Waals surface area contributed by atoms with Crippen molar-refractivity contribution in [1.29, 1.82) is 0 Å². The molecule has 1 rings (SSSR count). The summed E-state index contributed by atoms with van der Waals surface area (Å²) < 4.78 is 0. The molecule has 1 radical (unpaired) electrons. The van der Waals surface area contributed by atoms with Gasteiger partial charge in [-0.1, -0.05) is 0 Å². The third-order valence-electron chi connectivity index (χ3n) is 1.16. The van der Waals surface area contributed by atoms with Gasteiger partial charge < -0.3 is 0 Å². The number of hydrogen-bond donors (Lipinski definition) is 0. The number of nitrogens with zero attached hydrogens (tertiary/aromatic N) is 1. The minimum absolute atomic E-state index is 0.341. The Labute approximate surface area is 49.0 Å². The van der Waals surface area contributed by atoms with E-state index in [1.807, 2.05) is 0 Å². The standard InChI is InChI=1S/C5H9ClN/c6-5-2-1-3-7-4-5/h5H,1-4H2. The molecule has 1 atom stereocenters. The van der Waals surface area contributed by atoms with Gasteiger partial charge >= 0.3 is 0 Å². The lowest BCUT2D eigenvalue weighted by atomic mass is 10.2. The molecule has 0 spiro atoms. The maximum Gasteiger partial charge on any atom is 0.0477 e. The second-order valence-corrected chi connectivity index (χ2v) is 2.49. The third-order valence-corrected chi connectivity index (χ3v) is 1.52. The van der Waals surface area contributed by atoms with Crippen molar-refractivity contribution in [1.82, 2.24) is 5.32 Å². The first-order valence-electron chi connectivity index (χ1n) is 2.67. The Morgan fingerprint density at radius 1 is 1.57 bits per heavy atom. The summed E-state index contributed by atoms with van der Waals surface area (Å²) in [7, 11) is 0. The molecule has 0 aliphatic carbocycles. The summed E-state index contributed by atoms with van der Waals surface area (Å²) in [4.78, 5) is 0. The smallest absolute Gasteiger partial charge is 0.0477 e. The molecule has 0 aromatic heterocycles. The molecule has 1 unspecified atom stereocenters. The molecule has 0 N–H and O–H groups in total. The number of halogens is 1. The van der Waals surface area contributed by atoms with Crippen LogP contribution in [0.2, 0.25) is 0 Å². The van der Waals surface area contributed by atoms with Crippen molar-refractivity contribution in [2.24, 2.45) is 0 Å². The minimum atomic E-state index is 0.341. The zero-order valence-corrected chi connectivity index (χ0v) is 4.99. The third kappa shape index (κ3) is 1.66. The van der Waals surface area contributed by atoms with Crippen molar-refractivity contribution >= 4 is 11.6 Å². The second kappa shape index (κ2) is 2.53. The molecule has 1 nitrogen and oxygen atoms in total. The quantitative estimate of drug-likeness (QED) is 0.422. The molecule has 0 amide bonds. The lowest BCUT2D eigenvalue weighted by Gasteiger charge is -2.13. The fourth-order valence-electron chi connectivity index (χ4n) is 0.747. The van der Waals surface area contributed by atoms with Crippen molar-refractivity contribution < 1.29 is 0 Å². The van der Waals surface area contributed by atoms with Gasteiger partial charge in [-0.3, -0.25) is 0 Å². The number of alkyl halides is 1. The molecular formula is C5H9ClN. The summed E-state index contributed by atoms with van der Waals surface area (Å²) in [5.41, 5.74) is 0. The van der Waals surface area contributed by atoms with Crippen LogP contribution in [-0.2, 0) is 0 Å². The van der Waals surface area contributed by atoms with Crippen molar-refractivity contribution in [3.63, 3.8) is 0 Å². The van der Waals surface area contributed by atoms with Crippen molar-refractivity contribution in [2.75, 3.05) is 13.1 Å². The molecule has 0 bridgehead atoms. The summed E-state index contributed by atoms with van der Waals surface area (Å²) >= 11 is 5.72. The van der Waals surface area contributed by atoms with Gasteiger partial charge in [0.05, 0.1) is 0 Å². The highest BCUT2D eigenvalue weighted by atomic mass is 35.5. The van der Waals surface area contributed by atoms with E-state index in [0.717, 1.165) is 19.5 Å². The minimum Gasteiger partial charge on any atom is -0.240 e. The summed E-state index contributed by atoms with van der Waals surface area (Å²) in [5.74, 6) is 0. The Morgan fingerprint density at radius 3 is 2.71 bits per heavy atom. The molecule has 1 aliphatic rings. The molecule has 7 heavy (non-hydrogen) atoms. The van der Waals surface area contributed by atoms with E-state index in [-0.39, 0.29) is 0 Å². The van der Waals surface area contributed by atoms with Crippen LogP contribution in [0.25, 0.3) is 0 Å². The zero-order valence-electron chi connectivity index (χ0n) is 4.23. The summed E-state index contributed by atoms with van der Waals surface area (Å²) in [6.45, 7) is 1.91. The average Bonchev–Trinajstić information content (AvgIpc) is 1.69. The Hall–Kier alpha value is 0.250. The second-order valence-electron chi connectivity index (χ2n) is 1.87. The highest BCUT2D eigenvalue weighted by Crippen LogP contribution is 2.07. The summed E-state index contributed by atoms with van der Waals surface area (Å²) in [6, 6.07) is 0. The predicted octanol–water partition coefficient (Wildman–Crippen LogP) is 0.992. The lowest BCUT2D eigenvalue weighted by Crippen LogP contribution is -2.24. The molecular weight excluding hydrogens is 110 g/mol. The average molecular weight is 119 g/mol. The SMILES string of the molecule is ClC1CCC[N]C1. The largest absolute Gasteiger partial charge is 0.240 e. The van der Waals surface area contributed by atoms with Crippen molar-refractivity contribution in [3.05, 3.63) is 0 Å². The molecule has 41 valence electrons. The number of hydrogen-bond acceptors (Lipinski definition) is 0. The Balaban J connectivity index is 2.12. The fourth-order valence-corrected chi connectivity index (χ4v) is 0.999. The number of rotatable bonds is 0. The van der Waals surface area contributed by atoms with Crippen LogP contribution in [0.1, 0.15) is 12.8 Å². The van der Waals surface area contributed by atoms with Crippen LogP contribution in [0, 0.1) is 0 Å². The lowest BCUT2D eigenvalue weighted by molar-refractivity contribution is 0.517. The van der Waals surface area contributed by atoms with Gasteiger partial charge in [0, 0.05) is 18.5 Å². The normalized spacial score (nSPS) is 33.0. The Morgan fingerprint density at radius 2 is 2.43 bits per heavy atom. The Kier molecular flexibility index (Phi) is 1.95. The van der Waals surface area contributed by atoms with E-state index in [1.54, 1.807) is 0 Å². The molecule has 2 heteroatoms. The van der Waals surface area contributed by atoms with Gasteiger partial charge in [-0.25, -0.2) is 5.32 Å². The van der Waals surface area contributed by atoms with Crippen LogP contribution in [-0.4, -0.2) is 18.5 Å². The monoisotopic (exact) mass is 118 g/mol. The summed E-state index contributed by atoms with van der Waals surface area (Å²) in [6.07, 6.45) is 2.35. The van der Waals surface area contributed by atoms with Gasteiger partial charge in [0.15, 0.2) is 0 Å². The molecule has 1 heterocycles. The van der Waals surface area contributed by atoms with Crippen molar-refractivity contribution in [2.45, 2.75) is 18.2 Å². The molecule has 1 fully saturated rings. The highest BCUT2D eigenvalue weighted by molar-refractivity contribution is 6.20. The van der Waals surface area contributed by atoms with E-state index < -0.39 is 0 Å². The highest BCUT2D eigenvalue weighted by Gasteiger charge is 2.08.